The van der Waals surface area contributed by atoms with E-state index in [-0.39, 0.29) is 5.56 Å². The maximum atomic E-state index is 14.2. The van der Waals surface area contributed by atoms with E-state index in [1.54, 1.807) is 18.5 Å². The molecule has 0 unspecified atom stereocenters. The first-order chi connectivity index (χ1) is 14.5. The summed E-state index contributed by atoms with van der Waals surface area (Å²) in [7, 11) is 0. The molecule has 0 aliphatic rings. The number of nitrogens with one attached hydrogen (secondary N) is 1. The number of anilines is 1. The lowest BCUT2D eigenvalue weighted by Gasteiger charge is -2.08. The molecular weight excluding hydrogens is 383 g/mol. The summed E-state index contributed by atoms with van der Waals surface area (Å²) in [5, 5.41) is 11.7. The number of rotatable bonds is 3. The zero-order valence-corrected chi connectivity index (χ0v) is 15.6. The molecule has 146 valence electrons. The molecule has 0 saturated heterocycles. The van der Waals surface area contributed by atoms with Crippen molar-refractivity contribution in [3.05, 3.63) is 78.4 Å². The number of aromatic amines is 1. The second kappa shape index (κ2) is 6.66. The molecule has 5 aromatic rings. The minimum absolute atomic E-state index is 0.368. The average Bonchev–Trinajstić information content (AvgIpc) is 3.16. The van der Waals surface area contributed by atoms with Crippen molar-refractivity contribution in [1.29, 1.82) is 0 Å². The van der Waals surface area contributed by atoms with E-state index < -0.39 is 11.8 Å². The molecule has 4 N–H and O–H groups in total. The van der Waals surface area contributed by atoms with E-state index in [1.165, 1.54) is 12.1 Å². The van der Waals surface area contributed by atoms with Crippen molar-refractivity contribution in [2.75, 3.05) is 5.73 Å². The van der Waals surface area contributed by atoms with Gasteiger partial charge in [-0.3, -0.25) is 0 Å². The van der Waals surface area contributed by atoms with E-state index in [9.17, 15) is 9.18 Å². The Hall–Kier alpha value is -4.26. The second-order valence-corrected chi connectivity index (χ2v) is 6.94. The number of carbonyl (C=O) groups is 1. The summed E-state index contributed by atoms with van der Waals surface area (Å²) in [6.45, 7) is 0. The quantitative estimate of drug-likeness (QED) is 0.402. The molecule has 0 amide bonds. The van der Waals surface area contributed by atoms with Crippen LogP contribution in [0.15, 0.2) is 67.0 Å². The van der Waals surface area contributed by atoms with E-state index in [4.69, 9.17) is 10.8 Å². The fraction of sp³-hybridized carbons (Fsp3) is 0. The summed E-state index contributed by atoms with van der Waals surface area (Å²) < 4.78 is 14.2. The smallest absolute Gasteiger partial charge is 0.338 e. The van der Waals surface area contributed by atoms with Crippen molar-refractivity contribution in [2.45, 2.75) is 0 Å². The van der Waals surface area contributed by atoms with E-state index in [1.807, 2.05) is 36.4 Å². The van der Waals surface area contributed by atoms with Gasteiger partial charge in [0, 0.05) is 34.3 Å². The highest BCUT2D eigenvalue weighted by Crippen LogP contribution is 2.34. The summed E-state index contributed by atoms with van der Waals surface area (Å²) in [5.41, 5.74) is 9.01. The lowest BCUT2D eigenvalue weighted by molar-refractivity contribution is 0.0692. The lowest BCUT2D eigenvalue weighted by atomic mass is 10.0. The second-order valence-electron chi connectivity index (χ2n) is 6.94. The van der Waals surface area contributed by atoms with Gasteiger partial charge in [-0.2, -0.15) is 0 Å². The number of benzene rings is 2. The van der Waals surface area contributed by atoms with Crippen LogP contribution < -0.4 is 5.73 Å². The number of hydrogen-bond donors (Lipinski definition) is 3. The molecule has 2 aromatic carbocycles. The van der Waals surface area contributed by atoms with Crippen LogP contribution in [0, 0.1) is 5.82 Å². The molecule has 0 radical (unpaired) electrons. The highest BCUT2D eigenvalue weighted by atomic mass is 19.1. The number of aromatic carboxylic acids is 1. The Balaban J connectivity index is 1.70. The Kier molecular flexibility index (Phi) is 3.96. The molecule has 3 aromatic heterocycles. The molecule has 0 saturated carbocycles. The number of nitrogens with two attached hydrogens (primary N) is 1. The van der Waals surface area contributed by atoms with Crippen LogP contribution in [0.25, 0.3) is 44.2 Å². The molecule has 30 heavy (non-hydrogen) atoms. The molecule has 3 heterocycles. The zero-order chi connectivity index (χ0) is 20.8. The van der Waals surface area contributed by atoms with Gasteiger partial charge in [-0.05, 0) is 35.2 Å². The molecule has 0 atom stereocenters. The first-order valence-corrected chi connectivity index (χ1v) is 9.17. The number of H-pyrrole nitrogens is 1. The highest BCUT2D eigenvalue weighted by Gasteiger charge is 2.15. The van der Waals surface area contributed by atoms with Gasteiger partial charge in [0.2, 0.25) is 0 Å². The number of hydrogen-bond acceptors (Lipinski definition) is 4. The summed E-state index contributed by atoms with van der Waals surface area (Å²) >= 11 is 0. The van der Waals surface area contributed by atoms with Crippen molar-refractivity contribution < 1.29 is 14.3 Å². The van der Waals surface area contributed by atoms with Gasteiger partial charge in [-0.1, -0.05) is 30.3 Å². The predicted molar refractivity (Wildman–Crippen MR) is 114 cm³/mol. The minimum atomic E-state index is -1.30. The van der Waals surface area contributed by atoms with Crippen molar-refractivity contribution in [3.8, 4) is 22.4 Å². The summed E-state index contributed by atoms with van der Waals surface area (Å²) in [4.78, 5) is 23.2. The summed E-state index contributed by atoms with van der Waals surface area (Å²) in [5.74, 6) is -1.69. The monoisotopic (exact) mass is 398 g/mol. The first-order valence-electron chi connectivity index (χ1n) is 9.17. The zero-order valence-electron chi connectivity index (χ0n) is 15.6. The molecule has 7 heteroatoms. The fourth-order valence-electron chi connectivity index (χ4n) is 3.67. The van der Waals surface area contributed by atoms with Crippen LogP contribution in [-0.4, -0.2) is 26.0 Å². The van der Waals surface area contributed by atoms with Crippen molar-refractivity contribution in [3.63, 3.8) is 0 Å². The van der Waals surface area contributed by atoms with Gasteiger partial charge < -0.3 is 15.8 Å². The topological polar surface area (TPSA) is 105 Å². The third kappa shape index (κ3) is 2.84. The van der Waals surface area contributed by atoms with Crippen LogP contribution in [-0.2, 0) is 0 Å². The van der Waals surface area contributed by atoms with Gasteiger partial charge in [0.1, 0.15) is 17.3 Å². The van der Waals surface area contributed by atoms with Gasteiger partial charge >= 0.3 is 5.97 Å². The van der Waals surface area contributed by atoms with Crippen molar-refractivity contribution >= 4 is 33.6 Å². The highest BCUT2D eigenvalue weighted by molar-refractivity contribution is 6.00. The Bertz CT molecular complexity index is 1460. The number of halogens is 1. The Morgan fingerprint density at radius 3 is 2.67 bits per heavy atom. The third-order valence-electron chi connectivity index (χ3n) is 5.08. The van der Waals surface area contributed by atoms with Crippen molar-refractivity contribution in [1.82, 2.24) is 15.0 Å². The van der Waals surface area contributed by atoms with Gasteiger partial charge in [-0.25, -0.2) is 19.2 Å². The fourth-order valence-corrected chi connectivity index (χ4v) is 3.67. The largest absolute Gasteiger partial charge is 0.478 e. The number of aromatic nitrogens is 3. The Morgan fingerprint density at radius 2 is 1.87 bits per heavy atom. The molecule has 0 aliphatic heterocycles. The number of carboxylic acid groups (broad SMARTS) is 1. The van der Waals surface area contributed by atoms with Gasteiger partial charge in [0.15, 0.2) is 0 Å². The standard InChI is InChI=1S/C23H15FN4O2/c24-19-8-13(5-6-16(19)23(29)30)18-11-27-22-17(18)7-14(10-26-22)21-15-4-2-1-3-12(15)9-20(25)28-21/h1-11H,(H2,25,28)(H,26,27)(H,29,30). The predicted octanol–water partition coefficient (Wildman–Crippen LogP) is 4.86. The molecule has 6 nitrogen and oxygen atoms in total. The number of fused-ring (bicyclic) bond motifs is 2. The minimum Gasteiger partial charge on any atom is -0.478 e. The number of pyridine rings is 2. The SMILES string of the molecule is Nc1cc2ccccc2c(-c2cnc3[nH]cc(-c4ccc(C(=O)O)c(F)c4)c3c2)n1. The average molecular weight is 398 g/mol. The van der Waals surface area contributed by atoms with Crippen LogP contribution >= 0.6 is 0 Å². The summed E-state index contributed by atoms with van der Waals surface area (Å²) in [6, 6.07) is 15.6. The van der Waals surface area contributed by atoms with E-state index in [2.05, 4.69) is 15.0 Å². The lowest BCUT2D eigenvalue weighted by Crippen LogP contribution is -2.00. The summed E-state index contributed by atoms with van der Waals surface area (Å²) in [6.07, 6.45) is 3.44. The molecule has 0 bridgehead atoms. The van der Waals surface area contributed by atoms with Gasteiger partial charge in [-0.15, -0.1) is 0 Å². The van der Waals surface area contributed by atoms with E-state index in [0.29, 0.717) is 28.3 Å². The molecular formula is C23H15FN4O2. The molecule has 0 aliphatic carbocycles. The van der Waals surface area contributed by atoms with E-state index >= 15 is 0 Å². The molecule has 0 fully saturated rings. The first kappa shape index (κ1) is 17.8. The van der Waals surface area contributed by atoms with Crippen LogP contribution in [0.5, 0.6) is 0 Å². The van der Waals surface area contributed by atoms with Gasteiger partial charge in [0.25, 0.3) is 0 Å². The third-order valence-corrected chi connectivity index (χ3v) is 5.08. The number of carboxylic acids is 1. The van der Waals surface area contributed by atoms with Crippen molar-refractivity contribution in [2.24, 2.45) is 0 Å². The number of nitrogen functional groups attached to an aromatic ring is 1. The van der Waals surface area contributed by atoms with Crippen LogP contribution in [0.2, 0.25) is 0 Å². The van der Waals surface area contributed by atoms with Crippen LogP contribution in [0.4, 0.5) is 10.2 Å². The molecule has 5 rings (SSSR count). The van der Waals surface area contributed by atoms with Gasteiger partial charge in [0.05, 0.1) is 11.3 Å². The number of nitrogens with zero attached hydrogens (tertiary/aromatic N) is 2. The maximum absolute atomic E-state index is 14.2. The van der Waals surface area contributed by atoms with E-state index in [0.717, 1.165) is 21.7 Å². The van der Waals surface area contributed by atoms with Crippen LogP contribution in [0.3, 0.4) is 0 Å². The molecule has 0 spiro atoms. The maximum Gasteiger partial charge on any atom is 0.338 e. The normalized spacial score (nSPS) is 11.2. The van der Waals surface area contributed by atoms with Crippen LogP contribution in [0.1, 0.15) is 10.4 Å². The Labute approximate surface area is 169 Å². The Morgan fingerprint density at radius 1 is 1.03 bits per heavy atom.